The third kappa shape index (κ3) is 4.86. The second-order valence-corrected chi connectivity index (χ2v) is 7.65. The molecule has 0 fully saturated rings. The van der Waals surface area contributed by atoms with Crippen molar-refractivity contribution < 1.29 is 27.2 Å². The van der Waals surface area contributed by atoms with Crippen LogP contribution in [0.2, 0.25) is 0 Å². The Morgan fingerprint density at radius 3 is 2.66 bits per heavy atom. The van der Waals surface area contributed by atoms with Crippen molar-refractivity contribution in [3.8, 4) is 11.5 Å². The zero-order valence-corrected chi connectivity index (χ0v) is 16.0. The number of hydrogen-bond donors (Lipinski definition) is 3. The first-order valence-corrected chi connectivity index (χ1v) is 9.81. The molecule has 1 amide bonds. The summed E-state index contributed by atoms with van der Waals surface area (Å²) in [6, 6.07) is 10.1. The molecular formula is C17H17N5O6S. The van der Waals surface area contributed by atoms with E-state index in [1.807, 2.05) is 18.2 Å². The summed E-state index contributed by atoms with van der Waals surface area (Å²) >= 11 is 0. The number of nitrogens with one attached hydrogen (secondary N) is 2. The summed E-state index contributed by atoms with van der Waals surface area (Å²) in [4.78, 5) is 25.2. The number of aromatic nitrogens is 3. The number of primary amides is 1. The molecule has 1 aromatic carbocycles. The number of nitrogens with zero attached hydrogens (tertiary/aromatic N) is 2. The van der Waals surface area contributed by atoms with Gasteiger partial charge in [-0.3, -0.25) is 9.59 Å². The van der Waals surface area contributed by atoms with Gasteiger partial charge in [0.15, 0.2) is 6.10 Å². The number of nitrogens with two attached hydrogens (primary N) is 1. The lowest BCUT2D eigenvalue weighted by Gasteiger charge is -2.10. The minimum Gasteiger partial charge on any atom is -0.452 e. The second kappa shape index (κ2) is 8.24. The number of benzene rings is 1. The monoisotopic (exact) mass is 419 g/mol. The summed E-state index contributed by atoms with van der Waals surface area (Å²) in [5, 5.41) is 7.74. The molecule has 0 saturated heterocycles. The molecule has 3 rings (SSSR count). The van der Waals surface area contributed by atoms with Crippen molar-refractivity contribution >= 4 is 21.9 Å². The van der Waals surface area contributed by atoms with Crippen LogP contribution in [0.5, 0.6) is 0 Å². The Morgan fingerprint density at radius 1 is 1.28 bits per heavy atom. The van der Waals surface area contributed by atoms with Gasteiger partial charge in [-0.2, -0.15) is 4.72 Å². The molecule has 2 aromatic heterocycles. The molecule has 2 heterocycles. The molecule has 1 atom stereocenters. The molecule has 4 N–H and O–H groups in total. The topological polar surface area (TPSA) is 170 Å². The fourth-order valence-corrected chi connectivity index (χ4v) is 3.26. The Kier molecular flexibility index (Phi) is 5.75. The summed E-state index contributed by atoms with van der Waals surface area (Å²) in [5.41, 5.74) is 5.69. The van der Waals surface area contributed by atoms with Gasteiger partial charge in [0.25, 0.3) is 11.8 Å². The highest BCUT2D eigenvalue weighted by Gasteiger charge is 2.22. The van der Waals surface area contributed by atoms with E-state index in [1.54, 1.807) is 12.1 Å². The molecule has 152 valence electrons. The van der Waals surface area contributed by atoms with Crippen LogP contribution >= 0.6 is 0 Å². The van der Waals surface area contributed by atoms with Crippen molar-refractivity contribution in [3.63, 3.8) is 0 Å². The van der Waals surface area contributed by atoms with Gasteiger partial charge in [-0.15, -0.1) is 10.2 Å². The van der Waals surface area contributed by atoms with Crippen LogP contribution in [0.25, 0.3) is 11.5 Å². The van der Waals surface area contributed by atoms with Gasteiger partial charge in [0, 0.05) is 11.8 Å². The predicted octanol–water partition coefficient (Wildman–Crippen LogP) is 0.746. The first-order valence-electron chi connectivity index (χ1n) is 8.32. The number of esters is 1. The van der Waals surface area contributed by atoms with Crippen molar-refractivity contribution in [1.82, 2.24) is 19.9 Å². The number of sulfonamides is 1. The quantitative estimate of drug-likeness (QED) is 0.449. The van der Waals surface area contributed by atoms with E-state index in [1.165, 1.54) is 6.92 Å². The van der Waals surface area contributed by atoms with Gasteiger partial charge in [0.1, 0.15) is 17.1 Å². The van der Waals surface area contributed by atoms with Crippen molar-refractivity contribution in [2.24, 2.45) is 5.73 Å². The molecule has 12 heteroatoms. The predicted molar refractivity (Wildman–Crippen MR) is 98.7 cm³/mol. The molecule has 0 aliphatic rings. The lowest BCUT2D eigenvalue weighted by Crippen LogP contribution is -2.31. The van der Waals surface area contributed by atoms with E-state index in [-0.39, 0.29) is 22.4 Å². The summed E-state index contributed by atoms with van der Waals surface area (Å²) in [5.74, 6) is -1.33. The Morgan fingerprint density at radius 2 is 2.00 bits per heavy atom. The summed E-state index contributed by atoms with van der Waals surface area (Å²) in [6.07, 6.45) is 0.200. The highest BCUT2D eigenvalue weighted by molar-refractivity contribution is 7.89. The number of carbonyl (C=O) groups excluding carboxylic acids is 2. The fraction of sp³-hybridized carbons (Fsp3) is 0.176. The van der Waals surface area contributed by atoms with Crippen LogP contribution < -0.4 is 10.5 Å². The zero-order valence-electron chi connectivity index (χ0n) is 15.2. The normalized spacial score (nSPS) is 12.4. The number of aromatic amines is 1. The van der Waals surface area contributed by atoms with E-state index in [0.717, 1.165) is 12.3 Å². The van der Waals surface area contributed by atoms with Crippen molar-refractivity contribution in [2.45, 2.75) is 17.9 Å². The van der Waals surface area contributed by atoms with Crippen molar-refractivity contribution in [3.05, 3.63) is 54.2 Å². The van der Waals surface area contributed by atoms with E-state index in [0.29, 0.717) is 5.56 Å². The molecule has 0 saturated carbocycles. The van der Waals surface area contributed by atoms with Gasteiger partial charge >= 0.3 is 5.97 Å². The number of rotatable bonds is 8. The Hall–Kier alpha value is -3.51. The maximum Gasteiger partial charge on any atom is 0.321 e. The van der Waals surface area contributed by atoms with Crippen LogP contribution in [0.4, 0.5) is 0 Å². The number of H-pyrrole nitrogens is 1. The number of hydrogen-bond acceptors (Lipinski definition) is 8. The summed E-state index contributed by atoms with van der Waals surface area (Å²) < 4.78 is 37.0. The summed E-state index contributed by atoms with van der Waals surface area (Å²) in [6.45, 7) is 0.878. The van der Waals surface area contributed by atoms with Gasteiger partial charge in [0.2, 0.25) is 15.9 Å². The van der Waals surface area contributed by atoms with Crippen LogP contribution in [0, 0.1) is 0 Å². The van der Waals surface area contributed by atoms with Crippen molar-refractivity contribution in [1.29, 1.82) is 0 Å². The molecule has 0 aliphatic heterocycles. The molecule has 0 bridgehead atoms. The van der Waals surface area contributed by atoms with Gasteiger partial charge in [-0.1, -0.05) is 18.2 Å². The standard InChI is InChI=1S/C17H17N5O6S/c1-10(16-21-22-17(28-16)11-5-3-2-4-6-11)27-14(23)9-20-29(25,26)12-7-13(15(18)24)19-8-12/h2-8,10,19-20H,9H2,1H3,(H2,18,24)/t10-/m1/s1. The Labute approximate surface area is 165 Å². The number of carbonyl (C=O) groups is 2. The van der Waals surface area contributed by atoms with E-state index >= 15 is 0 Å². The highest BCUT2D eigenvalue weighted by Crippen LogP contribution is 2.22. The second-order valence-electron chi connectivity index (χ2n) is 5.88. The maximum absolute atomic E-state index is 12.2. The Balaban J connectivity index is 1.57. The largest absolute Gasteiger partial charge is 0.452 e. The molecule has 0 spiro atoms. The van der Waals surface area contributed by atoms with Crippen LogP contribution in [-0.4, -0.2) is 42.0 Å². The molecular weight excluding hydrogens is 402 g/mol. The lowest BCUT2D eigenvalue weighted by molar-refractivity contribution is -0.148. The molecule has 29 heavy (non-hydrogen) atoms. The van der Waals surface area contributed by atoms with Gasteiger partial charge in [0.05, 0.1) is 0 Å². The number of ether oxygens (including phenoxy) is 1. The average molecular weight is 419 g/mol. The first-order chi connectivity index (χ1) is 13.8. The van der Waals surface area contributed by atoms with Crippen LogP contribution in [0.15, 0.2) is 51.9 Å². The molecule has 0 unspecified atom stereocenters. The van der Waals surface area contributed by atoms with Crippen LogP contribution in [-0.2, 0) is 19.6 Å². The minimum atomic E-state index is -4.04. The van der Waals surface area contributed by atoms with E-state index in [2.05, 4.69) is 19.9 Å². The summed E-state index contributed by atoms with van der Waals surface area (Å²) in [7, 11) is -4.04. The van der Waals surface area contributed by atoms with Crippen LogP contribution in [0.1, 0.15) is 29.4 Å². The van der Waals surface area contributed by atoms with Crippen molar-refractivity contribution in [2.75, 3.05) is 6.54 Å². The molecule has 0 radical (unpaired) electrons. The average Bonchev–Trinajstić information content (AvgIpc) is 3.37. The molecule has 3 aromatic rings. The van der Waals surface area contributed by atoms with E-state index in [4.69, 9.17) is 14.9 Å². The molecule has 11 nitrogen and oxygen atoms in total. The smallest absolute Gasteiger partial charge is 0.321 e. The van der Waals surface area contributed by atoms with Gasteiger partial charge in [-0.05, 0) is 25.1 Å². The third-order valence-corrected chi connectivity index (χ3v) is 5.14. The van der Waals surface area contributed by atoms with E-state index in [9.17, 15) is 18.0 Å². The molecule has 0 aliphatic carbocycles. The maximum atomic E-state index is 12.2. The van der Waals surface area contributed by atoms with E-state index < -0.39 is 34.5 Å². The first kappa shape index (κ1) is 20.2. The third-order valence-electron chi connectivity index (χ3n) is 3.76. The fourth-order valence-electron chi connectivity index (χ4n) is 2.29. The Bertz CT molecular complexity index is 1120. The van der Waals surface area contributed by atoms with Crippen LogP contribution in [0.3, 0.4) is 0 Å². The zero-order chi connectivity index (χ0) is 21.0. The SMILES string of the molecule is C[C@@H](OC(=O)CNS(=O)(=O)c1c[nH]c(C(N)=O)c1)c1nnc(-c2ccccc2)o1. The number of amides is 1. The lowest BCUT2D eigenvalue weighted by atomic mass is 10.2. The van der Waals surface area contributed by atoms with Gasteiger partial charge < -0.3 is 19.9 Å². The highest BCUT2D eigenvalue weighted by atomic mass is 32.2. The minimum absolute atomic E-state index is 0.0665. The van der Waals surface area contributed by atoms with Gasteiger partial charge in [-0.25, -0.2) is 8.42 Å².